The smallest absolute Gasteiger partial charge is 0.162 e. The molecule has 5 nitrogen and oxygen atoms in total. The number of allylic oxidation sites excluding steroid dienone is 2. The number of azide groups is 1. The fraction of sp³-hybridized carbons (Fsp3) is 0.333. The number of hydrogen-bond acceptors (Lipinski definition) is 3. The zero-order valence-corrected chi connectivity index (χ0v) is 6.24. The van der Waals surface area contributed by atoms with Gasteiger partial charge in [-0.2, -0.15) is 0 Å². The maximum absolute atomic E-state index is 10.6. The minimum Gasteiger partial charge on any atom is -0.295 e. The molecular weight excluding hydrogens is 146 g/mol. The molecule has 0 saturated heterocycles. The number of carbonyl (C=O) groups excluding carboxylic acids is 2. The van der Waals surface area contributed by atoms with Crippen LogP contribution in [0.2, 0.25) is 0 Å². The second-order valence-corrected chi connectivity index (χ2v) is 1.89. The molecule has 0 amide bonds. The average Bonchev–Trinajstić information content (AvgIpc) is 1.86. The molecular formula is C6H7N3O2. The molecule has 0 aromatic carbocycles. The summed E-state index contributed by atoms with van der Waals surface area (Å²) in [5, 5.41) is 3.04. The summed E-state index contributed by atoms with van der Waals surface area (Å²) in [6.45, 7) is 2.50. The Bertz CT molecular complexity index is 257. The zero-order chi connectivity index (χ0) is 8.85. The van der Waals surface area contributed by atoms with Crippen molar-refractivity contribution in [1.29, 1.82) is 0 Å². The lowest BCUT2D eigenvalue weighted by Gasteiger charge is -1.88. The normalized spacial score (nSPS) is 10.2. The second kappa shape index (κ2) is 4.24. The van der Waals surface area contributed by atoms with Crippen molar-refractivity contribution < 1.29 is 9.59 Å². The third kappa shape index (κ3) is 3.89. The lowest BCUT2D eigenvalue weighted by molar-refractivity contribution is -0.115. The van der Waals surface area contributed by atoms with E-state index in [1.54, 1.807) is 0 Å². The SMILES string of the molecule is CC(=O)/C=C(/N=[N+]=[N-])C(C)=O. The molecule has 0 heterocycles. The highest BCUT2D eigenvalue weighted by molar-refractivity contribution is 6.00. The van der Waals surface area contributed by atoms with Gasteiger partial charge >= 0.3 is 0 Å². The van der Waals surface area contributed by atoms with Gasteiger partial charge in [-0.25, -0.2) is 0 Å². The number of carbonyl (C=O) groups is 2. The van der Waals surface area contributed by atoms with Crippen LogP contribution in [0, 0.1) is 0 Å². The molecule has 0 aromatic rings. The van der Waals surface area contributed by atoms with Crippen LogP contribution < -0.4 is 0 Å². The van der Waals surface area contributed by atoms with Crippen LogP contribution in [0.4, 0.5) is 0 Å². The van der Waals surface area contributed by atoms with Gasteiger partial charge < -0.3 is 0 Å². The Balaban J connectivity index is 4.73. The first-order chi connectivity index (χ1) is 5.07. The van der Waals surface area contributed by atoms with E-state index in [2.05, 4.69) is 10.0 Å². The fourth-order valence-corrected chi connectivity index (χ4v) is 0.442. The molecule has 0 radical (unpaired) electrons. The molecule has 0 rings (SSSR count). The Morgan fingerprint density at radius 2 is 2.00 bits per heavy atom. The highest BCUT2D eigenvalue weighted by Gasteiger charge is 2.00. The first-order valence-corrected chi connectivity index (χ1v) is 2.86. The van der Waals surface area contributed by atoms with E-state index in [0.717, 1.165) is 6.08 Å². The fourth-order valence-electron chi connectivity index (χ4n) is 0.442. The van der Waals surface area contributed by atoms with Gasteiger partial charge in [0.15, 0.2) is 11.6 Å². The number of rotatable bonds is 3. The first kappa shape index (κ1) is 9.39. The molecule has 11 heavy (non-hydrogen) atoms. The molecule has 0 aliphatic carbocycles. The van der Waals surface area contributed by atoms with Gasteiger partial charge in [-0.1, -0.05) is 5.11 Å². The monoisotopic (exact) mass is 153 g/mol. The van der Waals surface area contributed by atoms with Gasteiger partial charge in [-0.05, 0) is 25.5 Å². The van der Waals surface area contributed by atoms with Crippen LogP contribution in [0.15, 0.2) is 16.9 Å². The minimum absolute atomic E-state index is 0.153. The number of nitrogens with zero attached hydrogens (tertiary/aromatic N) is 3. The minimum atomic E-state index is -0.419. The largest absolute Gasteiger partial charge is 0.295 e. The highest BCUT2D eigenvalue weighted by Crippen LogP contribution is 1.98. The predicted octanol–water partition coefficient (Wildman–Crippen LogP) is 1.36. The summed E-state index contributed by atoms with van der Waals surface area (Å²) in [6, 6.07) is 0. The zero-order valence-electron chi connectivity index (χ0n) is 6.24. The molecule has 0 spiro atoms. The van der Waals surface area contributed by atoms with E-state index in [-0.39, 0.29) is 11.5 Å². The number of hydrogen-bond donors (Lipinski definition) is 0. The molecule has 0 saturated carbocycles. The van der Waals surface area contributed by atoms with Gasteiger partial charge in [0.25, 0.3) is 0 Å². The summed E-state index contributed by atoms with van der Waals surface area (Å²) in [4.78, 5) is 23.4. The molecule has 0 N–H and O–H groups in total. The molecule has 0 bridgehead atoms. The van der Waals surface area contributed by atoms with Crippen molar-refractivity contribution in [1.82, 2.24) is 0 Å². The Hall–Kier alpha value is -1.61. The highest BCUT2D eigenvalue weighted by atomic mass is 16.1. The molecule has 0 atom stereocenters. The van der Waals surface area contributed by atoms with Crippen LogP contribution in [0.3, 0.4) is 0 Å². The molecule has 58 valence electrons. The van der Waals surface area contributed by atoms with Gasteiger partial charge in [-0.15, -0.1) is 0 Å². The van der Waals surface area contributed by atoms with E-state index in [1.807, 2.05) is 0 Å². The lowest BCUT2D eigenvalue weighted by atomic mass is 10.3. The molecule has 0 aliphatic heterocycles. The summed E-state index contributed by atoms with van der Waals surface area (Å²) < 4.78 is 0. The first-order valence-electron chi connectivity index (χ1n) is 2.86. The van der Waals surface area contributed by atoms with Crippen LogP contribution in [-0.2, 0) is 9.59 Å². The van der Waals surface area contributed by atoms with Gasteiger partial charge in [0.1, 0.15) is 0 Å². The summed E-state index contributed by atoms with van der Waals surface area (Å²) in [5.74, 6) is -0.736. The predicted molar refractivity (Wildman–Crippen MR) is 38.6 cm³/mol. The van der Waals surface area contributed by atoms with E-state index in [9.17, 15) is 9.59 Å². The molecule has 0 aromatic heterocycles. The van der Waals surface area contributed by atoms with E-state index >= 15 is 0 Å². The Kier molecular flexibility index (Phi) is 3.62. The lowest BCUT2D eigenvalue weighted by Crippen LogP contribution is -1.95. The van der Waals surface area contributed by atoms with Crippen LogP contribution >= 0.6 is 0 Å². The molecule has 0 aliphatic rings. The van der Waals surface area contributed by atoms with Crippen LogP contribution in [0.1, 0.15) is 13.8 Å². The van der Waals surface area contributed by atoms with Crippen LogP contribution in [0.5, 0.6) is 0 Å². The Labute approximate surface area is 63.3 Å². The van der Waals surface area contributed by atoms with Crippen LogP contribution in [-0.4, -0.2) is 11.6 Å². The van der Waals surface area contributed by atoms with Crippen molar-refractivity contribution in [3.63, 3.8) is 0 Å². The molecule has 0 unspecified atom stereocenters. The maximum atomic E-state index is 10.6. The van der Waals surface area contributed by atoms with Gasteiger partial charge in [0.2, 0.25) is 0 Å². The summed E-state index contributed by atoms with van der Waals surface area (Å²) in [5.41, 5.74) is 7.80. The second-order valence-electron chi connectivity index (χ2n) is 1.89. The van der Waals surface area contributed by atoms with Gasteiger partial charge in [0, 0.05) is 4.91 Å². The van der Waals surface area contributed by atoms with Crippen molar-refractivity contribution in [2.45, 2.75) is 13.8 Å². The maximum Gasteiger partial charge on any atom is 0.162 e. The van der Waals surface area contributed by atoms with Crippen molar-refractivity contribution in [3.05, 3.63) is 22.2 Å². The van der Waals surface area contributed by atoms with E-state index < -0.39 is 5.78 Å². The topological polar surface area (TPSA) is 82.9 Å². The van der Waals surface area contributed by atoms with E-state index in [1.165, 1.54) is 13.8 Å². The summed E-state index contributed by atoms with van der Waals surface area (Å²) in [6.07, 6.45) is 1.00. The standard InChI is InChI=1S/C6H7N3O2/c1-4(10)3-6(5(2)11)8-9-7/h3H,1-2H3/b6-3+. The number of ketones is 2. The van der Waals surface area contributed by atoms with Gasteiger partial charge in [-0.3, -0.25) is 9.59 Å². The van der Waals surface area contributed by atoms with E-state index in [4.69, 9.17) is 5.53 Å². The van der Waals surface area contributed by atoms with Crippen molar-refractivity contribution in [2.75, 3.05) is 0 Å². The Morgan fingerprint density at radius 1 is 1.45 bits per heavy atom. The summed E-state index contributed by atoms with van der Waals surface area (Å²) >= 11 is 0. The quantitative estimate of drug-likeness (QED) is 0.265. The molecule has 5 heteroatoms. The average molecular weight is 153 g/mol. The Morgan fingerprint density at radius 3 is 2.27 bits per heavy atom. The van der Waals surface area contributed by atoms with Crippen molar-refractivity contribution >= 4 is 11.6 Å². The van der Waals surface area contributed by atoms with Crippen LogP contribution in [0.25, 0.3) is 10.4 Å². The van der Waals surface area contributed by atoms with Gasteiger partial charge in [0.05, 0.1) is 5.70 Å². The third-order valence-corrected chi connectivity index (χ3v) is 0.853. The number of Topliss-reactive ketones (excluding diaryl/α,β-unsaturated/α-hetero) is 1. The van der Waals surface area contributed by atoms with Crippen molar-refractivity contribution in [3.8, 4) is 0 Å². The molecule has 0 fully saturated rings. The third-order valence-electron chi connectivity index (χ3n) is 0.853. The summed E-state index contributed by atoms with van der Waals surface area (Å²) in [7, 11) is 0. The van der Waals surface area contributed by atoms with Crippen molar-refractivity contribution in [2.24, 2.45) is 5.11 Å². The van der Waals surface area contributed by atoms with E-state index in [0.29, 0.717) is 0 Å².